The van der Waals surface area contributed by atoms with Gasteiger partial charge in [-0.2, -0.15) is 4.57 Å². The van der Waals surface area contributed by atoms with Crippen molar-refractivity contribution >= 4 is 50.0 Å². The number of para-hydroxylation sites is 1. The molecule has 1 aliphatic rings. The predicted molar refractivity (Wildman–Crippen MR) is 154 cm³/mol. The second kappa shape index (κ2) is 12.3. The van der Waals surface area contributed by atoms with Crippen LogP contribution in [0.1, 0.15) is 18.2 Å². The van der Waals surface area contributed by atoms with E-state index in [1.165, 1.54) is 28.4 Å². The number of rotatable bonds is 5. The van der Waals surface area contributed by atoms with E-state index in [0.717, 1.165) is 31.2 Å². The fourth-order valence-corrected chi connectivity index (χ4v) is 6.96. The molecule has 0 atom stereocenters. The number of anilines is 1. The summed E-state index contributed by atoms with van der Waals surface area (Å²) in [4.78, 5) is 16.2. The van der Waals surface area contributed by atoms with E-state index >= 15 is 0 Å². The van der Waals surface area contributed by atoms with Gasteiger partial charge in [0.1, 0.15) is 30.9 Å². The maximum absolute atomic E-state index is 13.2. The number of aliphatic hydroxyl groups is 1. The minimum absolute atomic E-state index is 0.0468. The van der Waals surface area contributed by atoms with Crippen LogP contribution in [0.25, 0.3) is 11.1 Å². The van der Waals surface area contributed by atoms with Crippen LogP contribution in [0.2, 0.25) is 0 Å². The second-order valence-electron chi connectivity index (χ2n) is 8.71. The molecule has 0 saturated carbocycles. The first kappa shape index (κ1) is 28.8. The Labute approximate surface area is 235 Å². The van der Waals surface area contributed by atoms with E-state index in [0.29, 0.717) is 13.1 Å². The molecular formula is C28H29N3O5S3. The van der Waals surface area contributed by atoms with Gasteiger partial charge >= 0.3 is 0 Å². The summed E-state index contributed by atoms with van der Waals surface area (Å²) in [5.41, 5.74) is 3.07. The summed E-state index contributed by atoms with van der Waals surface area (Å²) >= 11 is 3.17. The van der Waals surface area contributed by atoms with Crippen molar-refractivity contribution in [2.45, 2.75) is 36.7 Å². The number of hydrogen-bond donors (Lipinski definition) is 1. The number of benzene rings is 2. The third-order valence-corrected chi connectivity index (χ3v) is 9.39. The van der Waals surface area contributed by atoms with Crippen LogP contribution >= 0.6 is 23.1 Å². The first-order chi connectivity index (χ1) is 18.6. The molecule has 8 nitrogen and oxygen atoms in total. The molecule has 11 heteroatoms. The van der Waals surface area contributed by atoms with Crippen LogP contribution in [0.15, 0.2) is 87.5 Å². The molecular weight excluding hydrogens is 555 g/mol. The summed E-state index contributed by atoms with van der Waals surface area (Å²) < 4.78 is 36.7. The summed E-state index contributed by atoms with van der Waals surface area (Å²) in [5, 5.41) is 10.3. The van der Waals surface area contributed by atoms with E-state index in [4.69, 9.17) is 0 Å². The fourth-order valence-electron chi connectivity index (χ4n) is 4.03. The average Bonchev–Trinajstić information content (AvgIpc) is 3.41. The molecule has 0 amide bonds. The molecule has 1 aliphatic heterocycles. The number of aryl methyl sites for hydroxylation is 1. The highest BCUT2D eigenvalue weighted by Gasteiger charge is 2.24. The number of nitrogens with zero attached hydrogens (tertiary/aromatic N) is 3. The Morgan fingerprint density at radius 1 is 1.05 bits per heavy atom. The monoisotopic (exact) mass is 583 g/mol. The Morgan fingerprint density at radius 2 is 1.74 bits per heavy atom. The first-order valence-electron chi connectivity index (χ1n) is 12.2. The van der Waals surface area contributed by atoms with Gasteiger partial charge in [-0.3, -0.25) is 9.36 Å². The van der Waals surface area contributed by atoms with Gasteiger partial charge in [0.2, 0.25) is 5.69 Å². The van der Waals surface area contributed by atoms with Crippen LogP contribution in [-0.2, 0) is 23.2 Å². The van der Waals surface area contributed by atoms with Crippen LogP contribution in [0.3, 0.4) is 0 Å². The van der Waals surface area contributed by atoms with Crippen molar-refractivity contribution in [2.24, 2.45) is 0 Å². The molecule has 1 N–H and O–H groups in total. The van der Waals surface area contributed by atoms with Crippen molar-refractivity contribution in [1.82, 2.24) is 4.57 Å². The third kappa shape index (κ3) is 6.51. The van der Waals surface area contributed by atoms with Gasteiger partial charge in [-0.1, -0.05) is 41.6 Å². The maximum Gasteiger partial charge on any atom is 0.271 e. The molecule has 0 bridgehead atoms. The highest BCUT2D eigenvalue weighted by atomic mass is 32.2. The smallest absolute Gasteiger partial charge is 0.271 e. The summed E-state index contributed by atoms with van der Waals surface area (Å²) in [6.07, 6.45) is 3.97. The SMILES string of the molecule is CCn1c(=O)/c(=C2\Sc3ccccc3N2C)s/c1=C\c1cccc[n+]1CCO.Cc1ccc(S(=O)(=O)[O-])cc1. The lowest BCUT2D eigenvalue weighted by atomic mass is 10.2. The molecule has 204 valence electrons. The number of thioether (sulfide) groups is 1. The fraction of sp³-hybridized carbons (Fsp3) is 0.214. The summed E-state index contributed by atoms with van der Waals surface area (Å²) in [5.74, 6) is 0. The zero-order valence-electron chi connectivity index (χ0n) is 21.8. The van der Waals surface area contributed by atoms with E-state index in [1.54, 1.807) is 23.9 Å². The number of aromatic nitrogens is 2. The topological polar surface area (TPSA) is 107 Å². The quantitative estimate of drug-likeness (QED) is 0.284. The Hall–Kier alpha value is -3.22. The van der Waals surface area contributed by atoms with Gasteiger partial charge in [0.25, 0.3) is 5.56 Å². The highest BCUT2D eigenvalue weighted by Crippen LogP contribution is 2.44. The van der Waals surface area contributed by atoms with Crippen LogP contribution in [0, 0.1) is 6.92 Å². The van der Waals surface area contributed by atoms with E-state index < -0.39 is 10.1 Å². The molecule has 2 aromatic heterocycles. The minimum atomic E-state index is -4.27. The van der Waals surface area contributed by atoms with E-state index in [-0.39, 0.29) is 17.1 Å². The van der Waals surface area contributed by atoms with Crippen LogP contribution in [0.4, 0.5) is 5.69 Å². The van der Waals surface area contributed by atoms with Gasteiger partial charge in [-0.25, -0.2) is 8.42 Å². The normalized spacial score (nSPS) is 14.7. The molecule has 4 aromatic rings. The van der Waals surface area contributed by atoms with Crippen LogP contribution in [0.5, 0.6) is 0 Å². The number of pyridine rings is 1. The first-order valence-corrected chi connectivity index (χ1v) is 15.3. The molecule has 3 heterocycles. The number of aliphatic hydroxyl groups excluding tert-OH is 1. The van der Waals surface area contributed by atoms with Gasteiger partial charge < -0.3 is 14.6 Å². The van der Waals surface area contributed by atoms with Gasteiger partial charge in [-0.05, 0) is 44.2 Å². The minimum Gasteiger partial charge on any atom is -0.744 e. The number of hydrogen-bond acceptors (Lipinski definition) is 8. The largest absolute Gasteiger partial charge is 0.744 e. The Balaban J connectivity index is 0.000000270. The van der Waals surface area contributed by atoms with Crippen LogP contribution < -0.4 is 24.2 Å². The van der Waals surface area contributed by atoms with Gasteiger partial charge in [0, 0.05) is 36.7 Å². The molecule has 0 unspecified atom stereocenters. The molecule has 39 heavy (non-hydrogen) atoms. The zero-order chi connectivity index (χ0) is 28.2. The third-order valence-electron chi connectivity index (χ3n) is 6.06. The summed E-state index contributed by atoms with van der Waals surface area (Å²) in [6, 6.07) is 19.9. The molecule has 0 fully saturated rings. The summed E-state index contributed by atoms with van der Waals surface area (Å²) in [6.45, 7) is 5.02. The molecule has 0 aliphatic carbocycles. The van der Waals surface area contributed by atoms with Crippen molar-refractivity contribution in [2.75, 3.05) is 18.6 Å². The van der Waals surface area contributed by atoms with Crippen LogP contribution in [-0.4, -0.2) is 36.3 Å². The lowest BCUT2D eigenvalue weighted by Gasteiger charge is -2.11. The Kier molecular flexibility index (Phi) is 9.08. The highest BCUT2D eigenvalue weighted by molar-refractivity contribution is 8.08. The van der Waals surface area contributed by atoms with Crippen molar-refractivity contribution in [3.8, 4) is 0 Å². The predicted octanol–water partition coefficient (Wildman–Crippen LogP) is 2.25. The number of fused-ring (bicyclic) bond motifs is 1. The number of thiazole rings is 1. The second-order valence-corrected chi connectivity index (χ2v) is 12.1. The van der Waals surface area contributed by atoms with Crippen molar-refractivity contribution in [3.63, 3.8) is 0 Å². The lowest BCUT2D eigenvalue weighted by Crippen LogP contribution is -2.39. The average molecular weight is 584 g/mol. The molecule has 5 rings (SSSR count). The van der Waals surface area contributed by atoms with E-state index in [2.05, 4.69) is 17.0 Å². The Morgan fingerprint density at radius 3 is 2.38 bits per heavy atom. The van der Waals surface area contributed by atoms with Crippen molar-refractivity contribution in [3.05, 3.63) is 104 Å². The van der Waals surface area contributed by atoms with Gasteiger partial charge in [0.05, 0.1) is 10.6 Å². The van der Waals surface area contributed by atoms with Gasteiger partial charge in [-0.15, -0.1) is 11.3 Å². The molecule has 0 radical (unpaired) electrons. The summed E-state index contributed by atoms with van der Waals surface area (Å²) in [7, 11) is -2.26. The van der Waals surface area contributed by atoms with E-state index in [1.807, 2.05) is 72.6 Å². The maximum atomic E-state index is 13.2. The molecule has 0 spiro atoms. The standard InChI is InChI=1S/C21H22N3O2S2.C7H8O3S/c1-3-24-18(14-15-8-6-7-11-23(15)12-13-25)28-19(20(24)26)21-22(2)16-9-4-5-10-17(16)27-21;1-6-2-4-7(5-3-6)11(8,9)10/h4-11,14,25H,3,12-13H2,1-2H3;2-5H,1H3,(H,8,9,10)/q+1;/p-1/b21-19+;. The molecule has 0 saturated heterocycles. The lowest BCUT2D eigenvalue weighted by molar-refractivity contribution is -0.699. The van der Waals surface area contributed by atoms with Crippen molar-refractivity contribution < 1.29 is 22.6 Å². The Bertz CT molecular complexity index is 1760. The zero-order valence-corrected chi connectivity index (χ0v) is 24.2. The van der Waals surface area contributed by atoms with Crippen molar-refractivity contribution in [1.29, 1.82) is 0 Å². The van der Waals surface area contributed by atoms with Gasteiger partial charge in [0.15, 0.2) is 12.7 Å². The molecule has 2 aromatic carbocycles. The van der Waals surface area contributed by atoms with E-state index in [9.17, 15) is 22.9 Å².